The van der Waals surface area contributed by atoms with Crippen molar-refractivity contribution in [3.05, 3.63) is 83.9 Å². The van der Waals surface area contributed by atoms with Gasteiger partial charge >= 0.3 is 0 Å². The molecule has 3 nitrogen and oxygen atoms in total. The molecule has 0 N–H and O–H groups in total. The fourth-order valence-electron chi connectivity index (χ4n) is 3.89. The molecule has 0 radical (unpaired) electrons. The molecule has 3 aromatic rings. The molecule has 126 valence electrons. The van der Waals surface area contributed by atoms with Crippen LogP contribution >= 0.6 is 0 Å². The van der Waals surface area contributed by atoms with Gasteiger partial charge in [0.25, 0.3) is 5.91 Å². The number of methoxy groups -OCH3 is 1. The Hall–Kier alpha value is -2.65. The molecule has 0 bridgehead atoms. The van der Waals surface area contributed by atoms with Gasteiger partial charge in [-0.15, -0.1) is 0 Å². The van der Waals surface area contributed by atoms with E-state index >= 15 is 0 Å². The molecule has 0 saturated carbocycles. The largest absolute Gasteiger partial charge is 0.369 e. The Balaban J connectivity index is 1.75. The number of fused-ring (bicyclic) bond motifs is 1. The quantitative estimate of drug-likeness (QED) is 0.659. The molecule has 0 aliphatic carbocycles. The number of nitrogens with zero attached hydrogens (tertiary/aromatic N) is 1. The van der Waals surface area contributed by atoms with Gasteiger partial charge in [0.2, 0.25) is 0 Å². The average molecular weight is 331 g/mol. The van der Waals surface area contributed by atoms with E-state index in [-0.39, 0.29) is 18.0 Å². The van der Waals surface area contributed by atoms with Gasteiger partial charge in [-0.3, -0.25) is 4.79 Å². The number of hydrogen-bond donors (Lipinski definition) is 0. The highest BCUT2D eigenvalue weighted by Crippen LogP contribution is 2.43. The maximum Gasteiger partial charge on any atom is 0.255 e. The van der Waals surface area contributed by atoms with E-state index in [0.717, 1.165) is 5.56 Å². The van der Waals surface area contributed by atoms with E-state index in [1.165, 1.54) is 16.3 Å². The molecule has 1 saturated heterocycles. The number of carbonyl (C=O) groups is 1. The predicted molar refractivity (Wildman–Crippen MR) is 99.2 cm³/mol. The molecule has 1 amide bonds. The van der Waals surface area contributed by atoms with Gasteiger partial charge in [-0.25, -0.2) is 0 Å². The highest BCUT2D eigenvalue weighted by molar-refractivity contribution is 5.91. The first-order valence-electron chi connectivity index (χ1n) is 8.60. The van der Waals surface area contributed by atoms with Crippen LogP contribution in [-0.2, 0) is 9.53 Å². The molecule has 0 aromatic heterocycles. The minimum absolute atomic E-state index is 0.0183. The summed E-state index contributed by atoms with van der Waals surface area (Å²) in [4.78, 5) is 14.7. The molecular formula is C22H21NO2. The molecular weight excluding hydrogens is 310 g/mol. The van der Waals surface area contributed by atoms with Crippen LogP contribution in [0.25, 0.3) is 10.8 Å². The van der Waals surface area contributed by atoms with Crippen LogP contribution in [0.3, 0.4) is 0 Å². The van der Waals surface area contributed by atoms with Crippen molar-refractivity contribution in [3.8, 4) is 0 Å². The van der Waals surface area contributed by atoms with Gasteiger partial charge in [0.15, 0.2) is 6.10 Å². The Labute approximate surface area is 147 Å². The Morgan fingerprint density at radius 3 is 2.36 bits per heavy atom. The van der Waals surface area contributed by atoms with E-state index in [1.54, 1.807) is 7.11 Å². The molecule has 3 aromatic carbocycles. The Morgan fingerprint density at radius 2 is 1.60 bits per heavy atom. The summed E-state index contributed by atoms with van der Waals surface area (Å²) < 4.78 is 5.48. The summed E-state index contributed by atoms with van der Waals surface area (Å²) in [6, 6.07) is 24.7. The number of likely N-dealkylation sites (tertiary alicyclic amines) is 1. The SMILES string of the molecule is CO[C@@H]1C(=O)N([C@@H](C)c2cccc3ccccc23)[C@@H]1c1ccccc1. The average Bonchev–Trinajstić information content (AvgIpc) is 2.66. The topological polar surface area (TPSA) is 29.5 Å². The van der Waals surface area contributed by atoms with Crippen LogP contribution in [0, 0.1) is 0 Å². The summed E-state index contributed by atoms with van der Waals surface area (Å²) in [5, 5.41) is 2.39. The maximum atomic E-state index is 12.7. The summed E-state index contributed by atoms with van der Waals surface area (Å²) >= 11 is 0. The minimum Gasteiger partial charge on any atom is -0.369 e. The lowest BCUT2D eigenvalue weighted by atomic mass is 9.86. The van der Waals surface area contributed by atoms with Crippen molar-refractivity contribution in [1.29, 1.82) is 0 Å². The number of amides is 1. The molecule has 1 fully saturated rings. The smallest absolute Gasteiger partial charge is 0.255 e. The zero-order valence-corrected chi connectivity index (χ0v) is 14.4. The van der Waals surface area contributed by atoms with Crippen molar-refractivity contribution < 1.29 is 9.53 Å². The lowest BCUT2D eigenvalue weighted by Gasteiger charge is -2.49. The van der Waals surface area contributed by atoms with Crippen molar-refractivity contribution in [3.63, 3.8) is 0 Å². The third-order valence-corrected chi connectivity index (χ3v) is 5.17. The first-order chi connectivity index (χ1) is 12.2. The van der Waals surface area contributed by atoms with E-state index in [1.807, 2.05) is 35.2 Å². The molecule has 25 heavy (non-hydrogen) atoms. The number of hydrogen-bond acceptors (Lipinski definition) is 2. The highest BCUT2D eigenvalue weighted by Gasteiger charge is 2.50. The number of β-lactam (4-membered cyclic amide) rings is 1. The molecule has 1 aliphatic rings. The Kier molecular flexibility index (Phi) is 4.02. The molecule has 1 heterocycles. The molecule has 0 spiro atoms. The van der Waals surface area contributed by atoms with Gasteiger partial charge in [-0.2, -0.15) is 0 Å². The van der Waals surface area contributed by atoms with Crippen molar-refractivity contribution in [2.24, 2.45) is 0 Å². The highest BCUT2D eigenvalue weighted by atomic mass is 16.5. The Bertz CT molecular complexity index is 901. The third kappa shape index (κ3) is 2.52. The van der Waals surface area contributed by atoms with Gasteiger partial charge < -0.3 is 9.64 Å². The zero-order valence-electron chi connectivity index (χ0n) is 14.4. The summed E-state index contributed by atoms with van der Waals surface area (Å²) in [6.45, 7) is 2.10. The van der Waals surface area contributed by atoms with Crippen LogP contribution in [0.4, 0.5) is 0 Å². The summed E-state index contributed by atoms with van der Waals surface area (Å²) in [5.41, 5.74) is 2.28. The van der Waals surface area contributed by atoms with E-state index in [0.29, 0.717) is 0 Å². The van der Waals surface area contributed by atoms with Crippen LogP contribution in [0.2, 0.25) is 0 Å². The van der Waals surface area contributed by atoms with E-state index in [2.05, 4.69) is 49.4 Å². The second kappa shape index (κ2) is 6.34. The summed E-state index contributed by atoms with van der Waals surface area (Å²) in [5.74, 6) is 0.0526. The first-order valence-corrected chi connectivity index (χ1v) is 8.60. The van der Waals surface area contributed by atoms with E-state index in [9.17, 15) is 4.79 Å². The van der Waals surface area contributed by atoms with Crippen LogP contribution in [-0.4, -0.2) is 24.0 Å². The van der Waals surface area contributed by atoms with Gasteiger partial charge in [0.05, 0.1) is 12.1 Å². The van der Waals surface area contributed by atoms with Gasteiger partial charge in [-0.1, -0.05) is 72.8 Å². The van der Waals surface area contributed by atoms with Crippen molar-refractivity contribution in [1.82, 2.24) is 4.90 Å². The third-order valence-electron chi connectivity index (χ3n) is 5.17. The second-order valence-electron chi connectivity index (χ2n) is 6.50. The van der Waals surface area contributed by atoms with E-state index in [4.69, 9.17) is 4.74 Å². The van der Waals surface area contributed by atoms with Crippen LogP contribution in [0.5, 0.6) is 0 Å². The molecule has 4 rings (SSSR count). The fourth-order valence-corrected chi connectivity index (χ4v) is 3.89. The summed E-state index contributed by atoms with van der Waals surface area (Å²) in [6.07, 6.45) is -0.403. The molecule has 0 unspecified atom stereocenters. The lowest BCUT2D eigenvalue weighted by molar-refractivity contribution is -0.176. The van der Waals surface area contributed by atoms with Gasteiger partial charge in [0, 0.05) is 7.11 Å². The van der Waals surface area contributed by atoms with Crippen LogP contribution in [0.15, 0.2) is 72.8 Å². The zero-order chi connectivity index (χ0) is 17.4. The van der Waals surface area contributed by atoms with Gasteiger partial charge in [-0.05, 0) is 28.8 Å². The van der Waals surface area contributed by atoms with Crippen LogP contribution < -0.4 is 0 Å². The first kappa shape index (κ1) is 15.9. The van der Waals surface area contributed by atoms with Crippen molar-refractivity contribution in [2.75, 3.05) is 7.11 Å². The molecule has 1 aliphatic heterocycles. The minimum atomic E-state index is -0.403. The number of rotatable bonds is 4. The normalized spacial score (nSPS) is 21.2. The summed E-state index contributed by atoms with van der Waals surface area (Å²) in [7, 11) is 1.61. The monoisotopic (exact) mass is 331 g/mol. The van der Waals surface area contributed by atoms with E-state index < -0.39 is 6.10 Å². The van der Waals surface area contributed by atoms with Crippen molar-refractivity contribution in [2.45, 2.75) is 25.1 Å². The molecule has 3 atom stereocenters. The second-order valence-corrected chi connectivity index (χ2v) is 6.50. The number of ether oxygens (including phenoxy) is 1. The predicted octanol–water partition coefficient (Wildman–Crippen LogP) is 4.50. The number of carbonyl (C=O) groups excluding carboxylic acids is 1. The van der Waals surface area contributed by atoms with Crippen LogP contribution in [0.1, 0.15) is 30.1 Å². The van der Waals surface area contributed by atoms with Gasteiger partial charge in [0.1, 0.15) is 0 Å². The Morgan fingerprint density at radius 1 is 0.920 bits per heavy atom. The standard InChI is InChI=1S/C22H21NO2/c1-15(18-14-8-12-16-9-6-7-13-19(16)18)23-20(21(25-2)22(23)24)17-10-4-3-5-11-17/h3-15,20-21H,1-2H3/t15-,20+,21-/m0/s1. The maximum absolute atomic E-state index is 12.7. The fraction of sp³-hybridized carbons (Fsp3) is 0.227. The molecule has 3 heteroatoms. The number of benzene rings is 3. The lowest BCUT2D eigenvalue weighted by Crippen LogP contribution is -2.60. The van der Waals surface area contributed by atoms with Crippen molar-refractivity contribution >= 4 is 16.7 Å².